The number of carbonyl (C=O) groups excluding carboxylic acids is 3. The second-order valence-electron chi connectivity index (χ2n) is 6.17. The van der Waals surface area contributed by atoms with Crippen molar-refractivity contribution in [2.45, 2.75) is 26.3 Å². The van der Waals surface area contributed by atoms with Crippen LogP contribution in [-0.2, 0) is 9.59 Å². The summed E-state index contributed by atoms with van der Waals surface area (Å²) >= 11 is 0. The molecule has 0 radical (unpaired) electrons. The van der Waals surface area contributed by atoms with Gasteiger partial charge in [0.2, 0.25) is 12.7 Å². The van der Waals surface area contributed by atoms with Gasteiger partial charge in [0, 0.05) is 11.8 Å². The van der Waals surface area contributed by atoms with Crippen molar-refractivity contribution >= 4 is 23.5 Å². The quantitative estimate of drug-likeness (QED) is 0.792. The molecule has 2 N–H and O–H groups in total. The monoisotopic (exact) mass is 333 g/mol. The molecule has 1 saturated heterocycles. The summed E-state index contributed by atoms with van der Waals surface area (Å²) in [7, 11) is 0. The van der Waals surface area contributed by atoms with Crippen molar-refractivity contribution in [3.05, 3.63) is 18.2 Å². The first-order chi connectivity index (χ1) is 11.4. The number of fused-ring (bicyclic) bond motifs is 1. The number of carbonyl (C=O) groups is 3. The van der Waals surface area contributed by atoms with Crippen LogP contribution in [0.3, 0.4) is 0 Å². The van der Waals surface area contributed by atoms with Crippen molar-refractivity contribution in [3.63, 3.8) is 0 Å². The van der Waals surface area contributed by atoms with Crippen molar-refractivity contribution in [2.24, 2.45) is 5.92 Å². The molecule has 2 aliphatic rings. The van der Waals surface area contributed by atoms with Crippen molar-refractivity contribution < 1.29 is 23.9 Å². The minimum absolute atomic E-state index is 0.145. The summed E-state index contributed by atoms with van der Waals surface area (Å²) in [5, 5.41) is 5.26. The number of imide groups is 1. The van der Waals surface area contributed by atoms with Gasteiger partial charge in [-0.15, -0.1) is 0 Å². The van der Waals surface area contributed by atoms with E-state index in [0.29, 0.717) is 23.6 Å². The zero-order valence-electron chi connectivity index (χ0n) is 13.5. The van der Waals surface area contributed by atoms with Crippen LogP contribution in [0.2, 0.25) is 0 Å². The van der Waals surface area contributed by atoms with E-state index in [1.807, 2.05) is 13.8 Å². The van der Waals surface area contributed by atoms with E-state index in [2.05, 4.69) is 10.6 Å². The van der Waals surface area contributed by atoms with Crippen LogP contribution in [0.1, 0.15) is 20.3 Å². The Balaban J connectivity index is 1.60. The number of nitrogens with one attached hydrogen (secondary N) is 2. The first-order valence-electron chi connectivity index (χ1n) is 7.75. The molecule has 1 aromatic carbocycles. The molecule has 24 heavy (non-hydrogen) atoms. The number of hydrogen-bond acceptors (Lipinski definition) is 5. The molecule has 4 amide bonds. The Morgan fingerprint density at radius 3 is 2.83 bits per heavy atom. The van der Waals surface area contributed by atoms with Gasteiger partial charge in [-0.25, -0.2) is 4.79 Å². The molecule has 0 spiro atoms. The summed E-state index contributed by atoms with van der Waals surface area (Å²) in [6, 6.07) is 3.89. The molecule has 8 nitrogen and oxygen atoms in total. The van der Waals surface area contributed by atoms with Crippen LogP contribution >= 0.6 is 0 Å². The lowest BCUT2D eigenvalue weighted by atomic mass is 10.0. The molecule has 0 aliphatic carbocycles. The molecular formula is C16H19N3O5. The number of urea groups is 1. The van der Waals surface area contributed by atoms with Crippen molar-refractivity contribution in [1.82, 2.24) is 10.2 Å². The maximum atomic E-state index is 12.2. The van der Waals surface area contributed by atoms with Crippen molar-refractivity contribution in [1.29, 1.82) is 0 Å². The number of rotatable bonds is 5. The molecule has 8 heteroatoms. The molecule has 1 atom stereocenters. The van der Waals surface area contributed by atoms with Crippen LogP contribution in [0.4, 0.5) is 10.5 Å². The molecule has 2 heterocycles. The Bertz CT molecular complexity index is 688. The summed E-state index contributed by atoms with van der Waals surface area (Å²) in [4.78, 5) is 37.2. The lowest BCUT2D eigenvalue weighted by Crippen LogP contribution is -2.38. The van der Waals surface area contributed by atoms with E-state index in [1.165, 1.54) is 0 Å². The fourth-order valence-electron chi connectivity index (χ4n) is 2.68. The van der Waals surface area contributed by atoms with Crippen molar-refractivity contribution in [2.75, 3.05) is 18.7 Å². The molecule has 2 aliphatic heterocycles. The van der Waals surface area contributed by atoms with E-state index < -0.39 is 18.0 Å². The number of hydrogen-bond donors (Lipinski definition) is 2. The predicted molar refractivity (Wildman–Crippen MR) is 84.7 cm³/mol. The maximum absolute atomic E-state index is 12.2. The van der Waals surface area contributed by atoms with Gasteiger partial charge in [0.1, 0.15) is 12.6 Å². The summed E-state index contributed by atoms with van der Waals surface area (Å²) < 4.78 is 10.4. The van der Waals surface area contributed by atoms with E-state index >= 15 is 0 Å². The summed E-state index contributed by atoms with van der Waals surface area (Å²) in [6.07, 6.45) is 0.546. The van der Waals surface area contributed by atoms with Gasteiger partial charge in [0.05, 0.1) is 0 Å². The average Bonchev–Trinajstić information content (AvgIpc) is 3.07. The van der Waals surface area contributed by atoms with E-state index in [4.69, 9.17) is 9.47 Å². The molecule has 3 rings (SSSR count). The van der Waals surface area contributed by atoms with Gasteiger partial charge in [0.15, 0.2) is 11.5 Å². The Morgan fingerprint density at radius 1 is 1.33 bits per heavy atom. The highest BCUT2D eigenvalue weighted by Gasteiger charge is 2.39. The van der Waals surface area contributed by atoms with Crippen LogP contribution in [0, 0.1) is 5.92 Å². The highest BCUT2D eigenvalue weighted by atomic mass is 16.7. The van der Waals surface area contributed by atoms with E-state index in [9.17, 15) is 14.4 Å². The van der Waals surface area contributed by atoms with Gasteiger partial charge in [0.25, 0.3) is 5.91 Å². The van der Waals surface area contributed by atoms with Crippen LogP contribution in [0.25, 0.3) is 0 Å². The number of anilines is 1. The Labute approximate surface area is 139 Å². The van der Waals surface area contributed by atoms with Crippen LogP contribution in [0.5, 0.6) is 11.5 Å². The first kappa shape index (κ1) is 16.1. The second kappa shape index (κ2) is 6.38. The Kier molecular flexibility index (Phi) is 4.28. The Morgan fingerprint density at radius 2 is 2.08 bits per heavy atom. The third kappa shape index (κ3) is 3.27. The molecule has 0 unspecified atom stereocenters. The number of benzene rings is 1. The van der Waals surface area contributed by atoms with Gasteiger partial charge >= 0.3 is 6.03 Å². The second-order valence-corrected chi connectivity index (χ2v) is 6.17. The lowest BCUT2D eigenvalue weighted by molar-refractivity contribution is -0.131. The molecule has 1 fully saturated rings. The molecule has 128 valence electrons. The average molecular weight is 333 g/mol. The number of amides is 4. The SMILES string of the molecule is CC(C)C[C@H]1NC(=O)N(CC(=O)Nc2ccc3c(c2)OCO3)C1=O. The van der Waals surface area contributed by atoms with E-state index in [1.54, 1.807) is 18.2 Å². The van der Waals surface area contributed by atoms with E-state index in [0.717, 1.165) is 4.90 Å². The van der Waals surface area contributed by atoms with E-state index in [-0.39, 0.29) is 25.2 Å². The number of ether oxygens (including phenoxy) is 2. The molecule has 0 bridgehead atoms. The molecule has 1 aromatic rings. The molecular weight excluding hydrogens is 314 g/mol. The van der Waals surface area contributed by atoms with Gasteiger partial charge < -0.3 is 20.1 Å². The predicted octanol–water partition coefficient (Wildman–Crippen LogP) is 1.32. The van der Waals surface area contributed by atoms with Gasteiger partial charge in [-0.05, 0) is 24.5 Å². The van der Waals surface area contributed by atoms with Crippen LogP contribution in [0.15, 0.2) is 18.2 Å². The van der Waals surface area contributed by atoms with Crippen LogP contribution < -0.4 is 20.1 Å². The maximum Gasteiger partial charge on any atom is 0.325 e. The highest BCUT2D eigenvalue weighted by Crippen LogP contribution is 2.34. The van der Waals surface area contributed by atoms with Crippen LogP contribution in [-0.4, -0.2) is 42.1 Å². The topological polar surface area (TPSA) is 97.0 Å². The summed E-state index contributed by atoms with van der Waals surface area (Å²) in [5.74, 6) is 0.595. The Hall–Kier alpha value is -2.77. The fourth-order valence-corrected chi connectivity index (χ4v) is 2.68. The largest absolute Gasteiger partial charge is 0.454 e. The van der Waals surface area contributed by atoms with Gasteiger partial charge in [-0.3, -0.25) is 14.5 Å². The summed E-state index contributed by atoms with van der Waals surface area (Å²) in [6.45, 7) is 3.75. The third-order valence-electron chi connectivity index (χ3n) is 3.77. The standard InChI is InChI=1S/C16H19N3O5/c1-9(2)5-11-15(21)19(16(22)18-11)7-14(20)17-10-3-4-12-13(6-10)24-8-23-12/h3-4,6,9,11H,5,7-8H2,1-2H3,(H,17,20)(H,18,22)/t11-/m1/s1. The third-order valence-corrected chi connectivity index (χ3v) is 3.77. The smallest absolute Gasteiger partial charge is 0.325 e. The van der Waals surface area contributed by atoms with Gasteiger partial charge in [-0.1, -0.05) is 13.8 Å². The minimum atomic E-state index is -0.559. The molecule has 0 aromatic heterocycles. The highest BCUT2D eigenvalue weighted by molar-refractivity contribution is 6.07. The fraction of sp³-hybridized carbons (Fsp3) is 0.438. The zero-order valence-corrected chi connectivity index (χ0v) is 13.5. The zero-order chi connectivity index (χ0) is 17.3. The summed E-state index contributed by atoms with van der Waals surface area (Å²) in [5.41, 5.74) is 0.509. The number of nitrogens with zero attached hydrogens (tertiary/aromatic N) is 1. The first-order valence-corrected chi connectivity index (χ1v) is 7.75. The molecule has 0 saturated carbocycles. The minimum Gasteiger partial charge on any atom is -0.454 e. The lowest BCUT2D eigenvalue weighted by Gasteiger charge is -2.14. The van der Waals surface area contributed by atoms with Gasteiger partial charge in [-0.2, -0.15) is 0 Å². The van der Waals surface area contributed by atoms with Crippen molar-refractivity contribution in [3.8, 4) is 11.5 Å². The normalized spacial score (nSPS) is 19.0.